The van der Waals surface area contributed by atoms with Gasteiger partial charge in [-0.2, -0.15) is 0 Å². The molecule has 0 aromatic carbocycles. The summed E-state index contributed by atoms with van der Waals surface area (Å²) in [7, 11) is 0. The van der Waals surface area contributed by atoms with Crippen molar-refractivity contribution in [2.24, 2.45) is 0 Å². The minimum atomic E-state index is -0.960. The number of carboxylic acid groups (broad SMARTS) is 1. The molecule has 4 nitrogen and oxygen atoms in total. The van der Waals surface area contributed by atoms with E-state index in [1.807, 2.05) is 11.8 Å². The number of hydrogen-bond donors (Lipinski definition) is 1. The van der Waals surface area contributed by atoms with E-state index in [2.05, 4.69) is 4.98 Å². The Kier molecular flexibility index (Phi) is 3.01. The zero-order valence-corrected chi connectivity index (χ0v) is 9.74. The summed E-state index contributed by atoms with van der Waals surface area (Å²) in [6, 6.07) is 3.45. The van der Waals surface area contributed by atoms with Gasteiger partial charge < -0.3 is 10.0 Å². The number of carbonyl (C=O) groups is 1. The quantitative estimate of drug-likeness (QED) is 0.822. The normalized spacial score (nSPS) is 14.9. The van der Waals surface area contributed by atoms with Crippen molar-refractivity contribution in [2.75, 3.05) is 11.4 Å². The van der Waals surface area contributed by atoms with Gasteiger partial charge in [-0.15, -0.1) is 0 Å². The van der Waals surface area contributed by atoms with E-state index in [0.29, 0.717) is 17.0 Å². The maximum atomic E-state index is 11.1. The SMILES string of the molecule is CCN(c1nc(Cl)ccc1C(=O)O)C1CC1. The van der Waals surface area contributed by atoms with Gasteiger partial charge in [-0.3, -0.25) is 0 Å². The van der Waals surface area contributed by atoms with Crippen molar-refractivity contribution in [3.63, 3.8) is 0 Å². The Labute approximate surface area is 98.9 Å². The second-order valence-electron chi connectivity index (χ2n) is 3.83. The minimum Gasteiger partial charge on any atom is -0.478 e. The number of aromatic carboxylic acids is 1. The average Bonchev–Trinajstić information content (AvgIpc) is 3.03. The van der Waals surface area contributed by atoms with Gasteiger partial charge in [-0.1, -0.05) is 11.6 Å². The van der Waals surface area contributed by atoms with Crippen LogP contribution in [-0.4, -0.2) is 28.6 Å². The van der Waals surface area contributed by atoms with Crippen LogP contribution in [0.2, 0.25) is 5.15 Å². The summed E-state index contributed by atoms with van der Waals surface area (Å²) in [5, 5.41) is 9.43. The summed E-state index contributed by atoms with van der Waals surface area (Å²) in [6.45, 7) is 2.74. The van der Waals surface area contributed by atoms with Crippen molar-refractivity contribution < 1.29 is 9.90 Å². The Morgan fingerprint density at radius 2 is 2.31 bits per heavy atom. The van der Waals surface area contributed by atoms with Crippen molar-refractivity contribution in [1.82, 2.24) is 4.98 Å². The molecule has 1 saturated carbocycles. The molecule has 1 aromatic heterocycles. The largest absolute Gasteiger partial charge is 0.478 e. The molecule has 1 heterocycles. The fourth-order valence-corrected chi connectivity index (χ4v) is 1.92. The summed E-state index contributed by atoms with van der Waals surface area (Å²) in [5.74, 6) is -0.469. The molecule has 2 rings (SSSR count). The molecule has 0 amide bonds. The van der Waals surface area contributed by atoms with Crippen molar-refractivity contribution in [3.05, 3.63) is 22.8 Å². The van der Waals surface area contributed by atoms with Gasteiger partial charge in [-0.25, -0.2) is 9.78 Å². The monoisotopic (exact) mass is 240 g/mol. The third-order valence-corrected chi connectivity index (χ3v) is 2.88. The summed E-state index contributed by atoms with van der Waals surface area (Å²) in [6.07, 6.45) is 2.20. The van der Waals surface area contributed by atoms with Gasteiger partial charge in [0.1, 0.15) is 16.5 Å². The molecule has 1 N–H and O–H groups in total. The molecular weight excluding hydrogens is 228 g/mol. The first-order valence-corrected chi connectivity index (χ1v) is 5.67. The van der Waals surface area contributed by atoms with Crippen molar-refractivity contribution in [2.45, 2.75) is 25.8 Å². The zero-order valence-electron chi connectivity index (χ0n) is 8.98. The second kappa shape index (κ2) is 4.29. The van der Waals surface area contributed by atoms with E-state index in [1.165, 1.54) is 12.1 Å². The van der Waals surface area contributed by atoms with Crippen LogP contribution in [0.15, 0.2) is 12.1 Å². The molecule has 1 fully saturated rings. The van der Waals surface area contributed by atoms with Crippen LogP contribution in [0, 0.1) is 0 Å². The van der Waals surface area contributed by atoms with Crippen molar-refractivity contribution in [3.8, 4) is 0 Å². The topological polar surface area (TPSA) is 53.4 Å². The summed E-state index contributed by atoms with van der Waals surface area (Å²) < 4.78 is 0. The lowest BCUT2D eigenvalue weighted by Gasteiger charge is -2.23. The van der Waals surface area contributed by atoms with E-state index in [-0.39, 0.29) is 5.56 Å². The lowest BCUT2D eigenvalue weighted by atomic mass is 10.2. The highest BCUT2D eigenvalue weighted by atomic mass is 35.5. The van der Waals surface area contributed by atoms with Gasteiger partial charge in [-0.05, 0) is 31.9 Å². The third kappa shape index (κ3) is 2.11. The molecule has 5 heteroatoms. The van der Waals surface area contributed by atoms with Crippen molar-refractivity contribution >= 4 is 23.4 Å². The van der Waals surface area contributed by atoms with E-state index in [4.69, 9.17) is 16.7 Å². The van der Waals surface area contributed by atoms with Crippen molar-refractivity contribution in [1.29, 1.82) is 0 Å². The molecule has 0 atom stereocenters. The van der Waals surface area contributed by atoms with Gasteiger partial charge in [0.05, 0.1) is 0 Å². The van der Waals surface area contributed by atoms with Crippen LogP contribution in [0.1, 0.15) is 30.1 Å². The maximum absolute atomic E-state index is 11.1. The highest BCUT2D eigenvalue weighted by Crippen LogP contribution is 2.32. The number of rotatable bonds is 4. The standard InChI is InChI=1S/C11H13ClN2O2/c1-2-14(7-3-4-7)10-8(11(15)16)5-6-9(12)13-10/h5-7H,2-4H2,1H3,(H,15,16). The van der Waals surface area contributed by atoms with E-state index in [0.717, 1.165) is 19.4 Å². The fourth-order valence-electron chi connectivity index (χ4n) is 1.78. The lowest BCUT2D eigenvalue weighted by molar-refractivity contribution is 0.0697. The van der Waals surface area contributed by atoms with Crippen LogP contribution in [-0.2, 0) is 0 Å². The Morgan fingerprint density at radius 1 is 1.62 bits per heavy atom. The zero-order chi connectivity index (χ0) is 11.7. The average molecular weight is 241 g/mol. The molecular formula is C11H13ClN2O2. The third-order valence-electron chi connectivity index (χ3n) is 2.67. The maximum Gasteiger partial charge on any atom is 0.339 e. The van der Waals surface area contributed by atoms with E-state index >= 15 is 0 Å². The number of hydrogen-bond acceptors (Lipinski definition) is 3. The Hall–Kier alpha value is -1.29. The van der Waals surface area contributed by atoms with Gasteiger partial charge in [0.2, 0.25) is 0 Å². The molecule has 0 saturated heterocycles. The molecule has 1 aliphatic rings. The van der Waals surface area contributed by atoms with E-state index in [9.17, 15) is 4.79 Å². The molecule has 0 unspecified atom stereocenters. The number of anilines is 1. The summed E-state index contributed by atoms with van der Waals surface area (Å²) in [5.41, 5.74) is 0.221. The second-order valence-corrected chi connectivity index (χ2v) is 4.21. The Balaban J connectivity index is 2.42. The Morgan fingerprint density at radius 3 is 2.81 bits per heavy atom. The fraction of sp³-hybridized carbons (Fsp3) is 0.455. The molecule has 0 aliphatic heterocycles. The number of halogens is 1. The molecule has 0 radical (unpaired) electrons. The highest BCUT2D eigenvalue weighted by molar-refractivity contribution is 6.29. The number of aromatic nitrogens is 1. The molecule has 1 aromatic rings. The van der Waals surface area contributed by atoms with Crippen LogP contribution < -0.4 is 4.90 Å². The van der Waals surface area contributed by atoms with Gasteiger partial charge in [0, 0.05) is 12.6 Å². The van der Waals surface area contributed by atoms with Crippen LogP contribution in [0.5, 0.6) is 0 Å². The Bertz CT molecular complexity index is 418. The first kappa shape index (κ1) is 11.2. The number of carboxylic acids is 1. The van der Waals surface area contributed by atoms with E-state index in [1.54, 1.807) is 0 Å². The predicted molar refractivity (Wildman–Crippen MR) is 62.2 cm³/mol. The van der Waals surface area contributed by atoms with E-state index < -0.39 is 5.97 Å². The number of pyridine rings is 1. The first-order valence-electron chi connectivity index (χ1n) is 5.30. The van der Waals surface area contributed by atoms with Gasteiger partial charge in [0.25, 0.3) is 0 Å². The smallest absolute Gasteiger partial charge is 0.339 e. The molecule has 16 heavy (non-hydrogen) atoms. The highest BCUT2D eigenvalue weighted by Gasteiger charge is 2.31. The lowest BCUT2D eigenvalue weighted by Crippen LogP contribution is -2.28. The number of nitrogens with zero attached hydrogens (tertiary/aromatic N) is 2. The molecule has 86 valence electrons. The van der Waals surface area contributed by atoms with Crippen LogP contribution in [0.25, 0.3) is 0 Å². The van der Waals surface area contributed by atoms with Crippen LogP contribution >= 0.6 is 11.6 Å². The summed E-state index contributed by atoms with van der Waals surface area (Å²) in [4.78, 5) is 17.2. The molecule has 0 bridgehead atoms. The first-order chi connectivity index (χ1) is 7.63. The molecule has 0 spiro atoms. The minimum absolute atomic E-state index is 0.221. The predicted octanol–water partition coefficient (Wildman–Crippen LogP) is 2.42. The van der Waals surface area contributed by atoms with Gasteiger partial charge >= 0.3 is 5.97 Å². The van der Waals surface area contributed by atoms with Gasteiger partial charge in [0.15, 0.2) is 0 Å². The summed E-state index contributed by atoms with van der Waals surface area (Å²) >= 11 is 5.82. The van der Waals surface area contributed by atoms with Crippen LogP contribution in [0.4, 0.5) is 5.82 Å². The van der Waals surface area contributed by atoms with Crippen LogP contribution in [0.3, 0.4) is 0 Å². The molecule has 1 aliphatic carbocycles.